The third-order valence-corrected chi connectivity index (χ3v) is 3.98. The van der Waals surface area contributed by atoms with Crippen LogP contribution in [0.15, 0.2) is 39.8 Å². The van der Waals surface area contributed by atoms with Crippen LogP contribution in [0.5, 0.6) is 0 Å². The average molecular weight is 296 g/mol. The lowest BCUT2D eigenvalue weighted by molar-refractivity contribution is 0.0982. The highest BCUT2D eigenvalue weighted by atomic mass is 79.9. The minimum atomic E-state index is 0.178. The highest BCUT2D eigenvalue weighted by molar-refractivity contribution is 9.10. The molecule has 2 aromatic heterocycles. The molecule has 2 heterocycles. The van der Waals surface area contributed by atoms with Gasteiger partial charge >= 0.3 is 0 Å². The number of aryl methyl sites for hydroxylation is 1. The lowest BCUT2D eigenvalue weighted by Crippen LogP contribution is -2.00. The van der Waals surface area contributed by atoms with Crippen LogP contribution < -0.4 is 0 Å². The standard InChI is InChI=1S/C12H10BrNOS/c13-11-8-16-7-10(11)12(15)4-3-9-2-1-5-14-6-9/h1-2,5-8H,3-4H2. The summed E-state index contributed by atoms with van der Waals surface area (Å²) in [5.74, 6) is 0.178. The van der Waals surface area contributed by atoms with Gasteiger partial charge in [-0.3, -0.25) is 9.78 Å². The summed E-state index contributed by atoms with van der Waals surface area (Å²) >= 11 is 4.91. The fourth-order valence-electron chi connectivity index (χ4n) is 1.42. The maximum absolute atomic E-state index is 11.9. The molecule has 2 rings (SSSR count). The molecule has 0 aliphatic carbocycles. The zero-order chi connectivity index (χ0) is 11.4. The van der Waals surface area contributed by atoms with Gasteiger partial charge in [0.25, 0.3) is 0 Å². The minimum absolute atomic E-state index is 0.178. The van der Waals surface area contributed by atoms with Gasteiger partial charge in [0.2, 0.25) is 0 Å². The van der Waals surface area contributed by atoms with Crippen LogP contribution in [0.25, 0.3) is 0 Å². The summed E-state index contributed by atoms with van der Waals surface area (Å²) < 4.78 is 0.897. The molecule has 0 atom stereocenters. The van der Waals surface area contributed by atoms with Gasteiger partial charge in [0.15, 0.2) is 5.78 Å². The van der Waals surface area contributed by atoms with Crippen molar-refractivity contribution < 1.29 is 4.79 Å². The van der Waals surface area contributed by atoms with Crippen molar-refractivity contribution in [3.63, 3.8) is 0 Å². The lowest BCUT2D eigenvalue weighted by Gasteiger charge is -2.00. The van der Waals surface area contributed by atoms with Crippen LogP contribution in [-0.4, -0.2) is 10.8 Å². The summed E-state index contributed by atoms with van der Waals surface area (Å²) in [6, 6.07) is 3.88. The molecule has 4 heteroatoms. The number of carbonyl (C=O) groups excluding carboxylic acids is 1. The van der Waals surface area contributed by atoms with E-state index in [-0.39, 0.29) is 5.78 Å². The molecule has 0 aliphatic heterocycles. The molecule has 2 nitrogen and oxygen atoms in total. The van der Waals surface area contributed by atoms with Crippen molar-refractivity contribution in [1.29, 1.82) is 0 Å². The number of nitrogens with zero attached hydrogens (tertiary/aromatic N) is 1. The second-order valence-electron chi connectivity index (χ2n) is 3.42. The molecule has 0 saturated heterocycles. The Morgan fingerprint density at radius 3 is 2.94 bits per heavy atom. The molecule has 0 fully saturated rings. The Bertz CT molecular complexity index is 481. The molecule has 16 heavy (non-hydrogen) atoms. The van der Waals surface area contributed by atoms with E-state index in [1.165, 1.54) is 11.3 Å². The van der Waals surface area contributed by atoms with Gasteiger partial charge in [-0.1, -0.05) is 6.07 Å². The average Bonchev–Trinajstić information content (AvgIpc) is 2.74. The molecule has 82 valence electrons. The Hall–Kier alpha value is -1.00. The first-order chi connectivity index (χ1) is 7.77. The Morgan fingerprint density at radius 2 is 2.31 bits per heavy atom. The quantitative estimate of drug-likeness (QED) is 0.805. The summed E-state index contributed by atoms with van der Waals surface area (Å²) in [6.45, 7) is 0. The number of aromatic nitrogens is 1. The fourth-order valence-corrected chi connectivity index (χ4v) is 2.94. The summed E-state index contributed by atoms with van der Waals surface area (Å²) in [6.07, 6.45) is 4.81. The fraction of sp³-hybridized carbons (Fsp3) is 0.167. The van der Waals surface area contributed by atoms with E-state index >= 15 is 0 Å². The van der Waals surface area contributed by atoms with Crippen LogP contribution in [0.1, 0.15) is 22.3 Å². The number of rotatable bonds is 4. The second-order valence-corrected chi connectivity index (χ2v) is 5.02. The largest absolute Gasteiger partial charge is 0.294 e. The number of thiophene rings is 1. The van der Waals surface area contributed by atoms with Gasteiger partial charge in [-0.15, -0.1) is 0 Å². The molecule has 0 saturated carbocycles. The number of hydrogen-bond donors (Lipinski definition) is 0. The number of halogens is 1. The maximum Gasteiger partial charge on any atom is 0.165 e. The van der Waals surface area contributed by atoms with E-state index in [0.717, 1.165) is 22.0 Å². The molecule has 0 aromatic carbocycles. The van der Waals surface area contributed by atoms with Crippen molar-refractivity contribution in [3.05, 3.63) is 50.9 Å². The van der Waals surface area contributed by atoms with Gasteiger partial charge < -0.3 is 0 Å². The highest BCUT2D eigenvalue weighted by Gasteiger charge is 2.10. The zero-order valence-corrected chi connectivity index (χ0v) is 10.9. The van der Waals surface area contributed by atoms with E-state index in [1.54, 1.807) is 12.4 Å². The predicted octanol–water partition coefficient (Wildman–Crippen LogP) is 3.72. The van der Waals surface area contributed by atoms with Crippen molar-refractivity contribution >= 4 is 33.0 Å². The van der Waals surface area contributed by atoms with Gasteiger partial charge in [-0.05, 0) is 34.0 Å². The number of pyridine rings is 1. The number of Topliss-reactive ketones (excluding diaryl/α,β-unsaturated/α-hetero) is 1. The SMILES string of the molecule is O=C(CCc1cccnc1)c1cscc1Br. The van der Waals surface area contributed by atoms with E-state index < -0.39 is 0 Å². The molecule has 0 aliphatic rings. The molecule has 0 radical (unpaired) electrons. The predicted molar refractivity (Wildman–Crippen MR) is 68.9 cm³/mol. The van der Waals surface area contributed by atoms with E-state index in [4.69, 9.17) is 0 Å². The van der Waals surface area contributed by atoms with Gasteiger partial charge in [0.1, 0.15) is 0 Å². The molecular formula is C12H10BrNOS. The first kappa shape index (κ1) is 11.5. The Balaban J connectivity index is 1.97. The zero-order valence-electron chi connectivity index (χ0n) is 8.52. The van der Waals surface area contributed by atoms with Gasteiger partial charge in [0.05, 0.1) is 0 Å². The topological polar surface area (TPSA) is 30.0 Å². The van der Waals surface area contributed by atoms with Crippen molar-refractivity contribution in [2.24, 2.45) is 0 Å². The van der Waals surface area contributed by atoms with E-state index in [2.05, 4.69) is 20.9 Å². The first-order valence-corrected chi connectivity index (χ1v) is 6.65. The van der Waals surface area contributed by atoms with Crippen LogP contribution in [0.3, 0.4) is 0 Å². The van der Waals surface area contributed by atoms with E-state index in [9.17, 15) is 4.79 Å². The summed E-state index contributed by atoms with van der Waals surface area (Å²) in [4.78, 5) is 15.9. The van der Waals surface area contributed by atoms with Crippen LogP contribution >= 0.6 is 27.3 Å². The molecule has 0 N–H and O–H groups in total. The highest BCUT2D eigenvalue weighted by Crippen LogP contribution is 2.23. The Labute approximate surface area is 106 Å². The van der Waals surface area contributed by atoms with Crippen molar-refractivity contribution in [1.82, 2.24) is 4.98 Å². The molecule has 0 unspecified atom stereocenters. The van der Waals surface area contributed by atoms with Crippen LogP contribution in [-0.2, 0) is 6.42 Å². The molecule has 0 amide bonds. The van der Waals surface area contributed by atoms with Crippen molar-refractivity contribution in [3.8, 4) is 0 Å². The first-order valence-electron chi connectivity index (χ1n) is 4.91. The molecule has 0 spiro atoms. The molecular weight excluding hydrogens is 286 g/mol. The van der Waals surface area contributed by atoms with Crippen molar-refractivity contribution in [2.45, 2.75) is 12.8 Å². The number of ketones is 1. The molecule has 2 aromatic rings. The smallest absolute Gasteiger partial charge is 0.165 e. The summed E-state index contributed by atoms with van der Waals surface area (Å²) in [7, 11) is 0. The van der Waals surface area contributed by atoms with E-state index in [0.29, 0.717) is 6.42 Å². The maximum atomic E-state index is 11.9. The monoisotopic (exact) mass is 295 g/mol. The van der Waals surface area contributed by atoms with Crippen LogP contribution in [0, 0.1) is 0 Å². The Kier molecular flexibility index (Phi) is 3.85. The van der Waals surface area contributed by atoms with Gasteiger partial charge in [0, 0.05) is 39.6 Å². The number of hydrogen-bond acceptors (Lipinski definition) is 3. The van der Waals surface area contributed by atoms with Gasteiger partial charge in [-0.2, -0.15) is 11.3 Å². The second kappa shape index (κ2) is 5.37. The summed E-state index contributed by atoms with van der Waals surface area (Å²) in [5.41, 5.74) is 1.89. The normalized spacial score (nSPS) is 10.3. The summed E-state index contributed by atoms with van der Waals surface area (Å²) in [5, 5.41) is 3.81. The van der Waals surface area contributed by atoms with E-state index in [1.807, 2.05) is 22.9 Å². The third-order valence-electron chi connectivity index (χ3n) is 2.28. The number of carbonyl (C=O) groups is 1. The van der Waals surface area contributed by atoms with Gasteiger partial charge in [-0.25, -0.2) is 0 Å². The van der Waals surface area contributed by atoms with Crippen LogP contribution in [0.4, 0.5) is 0 Å². The van der Waals surface area contributed by atoms with Crippen LogP contribution in [0.2, 0.25) is 0 Å². The Morgan fingerprint density at radius 1 is 1.44 bits per heavy atom. The molecule has 0 bridgehead atoms. The minimum Gasteiger partial charge on any atom is -0.294 e. The third kappa shape index (κ3) is 2.77. The van der Waals surface area contributed by atoms with Crippen molar-refractivity contribution in [2.75, 3.05) is 0 Å². The lowest BCUT2D eigenvalue weighted by atomic mass is 10.1.